The number of rotatable bonds is 7. The van der Waals surface area contributed by atoms with Crippen molar-refractivity contribution in [3.63, 3.8) is 0 Å². The lowest BCUT2D eigenvalue weighted by molar-refractivity contribution is -0.140. The second-order valence-electron chi connectivity index (χ2n) is 6.18. The molecule has 0 N–H and O–H groups in total. The van der Waals surface area contributed by atoms with Crippen molar-refractivity contribution in [3.8, 4) is 0 Å². The molecule has 1 aromatic heterocycles. The molecule has 3 rings (SSSR count). The quantitative estimate of drug-likeness (QED) is 0.264. The van der Waals surface area contributed by atoms with Crippen LogP contribution in [0.25, 0.3) is 10.9 Å². The van der Waals surface area contributed by atoms with Crippen LogP contribution in [0.15, 0.2) is 64.5 Å². The Bertz CT molecular complexity index is 1060. The SMILES string of the molecule is COC(=O)CCn1c(S[C@H](C)C(=O)c2ccccc2)nc2ccccc2c1=O. The molecule has 0 aliphatic rings. The van der Waals surface area contributed by atoms with E-state index in [4.69, 9.17) is 0 Å². The van der Waals surface area contributed by atoms with E-state index < -0.39 is 11.2 Å². The van der Waals surface area contributed by atoms with Crippen molar-refractivity contribution in [3.05, 3.63) is 70.5 Å². The molecule has 0 unspecified atom stereocenters. The fraction of sp³-hybridized carbons (Fsp3) is 0.238. The van der Waals surface area contributed by atoms with Crippen molar-refractivity contribution in [2.45, 2.75) is 30.3 Å². The van der Waals surface area contributed by atoms with Gasteiger partial charge in [-0.25, -0.2) is 4.98 Å². The van der Waals surface area contributed by atoms with Crippen molar-refractivity contribution in [1.29, 1.82) is 0 Å². The molecule has 0 radical (unpaired) electrons. The Kier molecular flexibility index (Phi) is 6.26. The molecule has 0 bridgehead atoms. The smallest absolute Gasteiger partial charge is 0.307 e. The highest BCUT2D eigenvalue weighted by Crippen LogP contribution is 2.25. The zero-order valence-corrected chi connectivity index (χ0v) is 16.4. The van der Waals surface area contributed by atoms with E-state index in [-0.39, 0.29) is 24.3 Å². The standard InChI is InChI=1S/C21H20N2O4S/c1-14(19(25)15-8-4-3-5-9-15)28-21-22-17-11-7-6-10-16(17)20(26)23(21)13-12-18(24)27-2/h3-11,14H,12-13H2,1-2H3/t14-/m1/s1. The van der Waals surface area contributed by atoms with Gasteiger partial charge in [-0.15, -0.1) is 0 Å². The van der Waals surface area contributed by atoms with E-state index in [1.54, 1.807) is 43.3 Å². The Morgan fingerprint density at radius 2 is 1.79 bits per heavy atom. The van der Waals surface area contributed by atoms with Crippen molar-refractivity contribution < 1.29 is 14.3 Å². The summed E-state index contributed by atoms with van der Waals surface area (Å²) in [5.74, 6) is -0.461. The van der Waals surface area contributed by atoms with E-state index in [1.165, 1.54) is 23.4 Å². The molecule has 6 nitrogen and oxygen atoms in total. The van der Waals surface area contributed by atoms with Crippen molar-refractivity contribution >= 4 is 34.4 Å². The zero-order valence-electron chi connectivity index (χ0n) is 15.6. The molecule has 0 saturated heterocycles. The zero-order chi connectivity index (χ0) is 20.1. The van der Waals surface area contributed by atoms with Gasteiger partial charge in [-0.2, -0.15) is 0 Å². The van der Waals surface area contributed by atoms with Gasteiger partial charge in [0.05, 0.1) is 29.7 Å². The number of ketones is 1. The Hall–Kier alpha value is -2.93. The first kappa shape index (κ1) is 19.8. The highest BCUT2D eigenvalue weighted by Gasteiger charge is 2.21. The number of methoxy groups -OCH3 is 1. The number of para-hydroxylation sites is 1. The molecule has 3 aromatic rings. The van der Waals surface area contributed by atoms with E-state index in [0.717, 1.165) is 0 Å². The van der Waals surface area contributed by atoms with Crippen LogP contribution in [0.3, 0.4) is 0 Å². The predicted octanol–water partition coefficient (Wildman–Crippen LogP) is 3.32. The number of carbonyl (C=O) groups excluding carboxylic acids is 2. The third-order valence-corrected chi connectivity index (χ3v) is 5.39. The maximum atomic E-state index is 12.9. The minimum atomic E-state index is -0.445. The lowest BCUT2D eigenvalue weighted by Gasteiger charge is -2.15. The maximum absolute atomic E-state index is 12.9. The number of thioether (sulfide) groups is 1. The molecule has 28 heavy (non-hydrogen) atoms. The number of Topliss-reactive ketones (excluding diaryl/α,β-unsaturated/α-hetero) is 1. The van der Waals surface area contributed by atoms with Gasteiger partial charge >= 0.3 is 5.97 Å². The summed E-state index contributed by atoms with van der Waals surface area (Å²) in [6.07, 6.45) is 0.0466. The molecule has 0 amide bonds. The van der Waals surface area contributed by atoms with Gasteiger partial charge in [0.1, 0.15) is 0 Å². The largest absolute Gasteiger partial charge is 0.469 e. The number of hydrogen-bond donors (Lipinski definition) is 0. The highest BCUT2D eigenvalue weighted by molar-refractivity contribution is 8.00. The molecular formula is C21H20N2O4S. The number of hydrogen-bond acceptors (Lipinski definition) is 6. The number of ether oxygens (including phenoxy) is 1. The number of aromatic nitrogens is 2. The van der Waals surface area contributed by atoms with E-state index in [9.17, 15) is 14.4 Å². The number of carbonyl (C=O) groups is 2. The van der Waals surface area contributed by atoms with Crippen LogP contribution in [0.1, 0.15) is 23.7 Å². The summed E-state index contributed by atoms with van der Waals surface area (Å²) in [5.41, 5.74) is 0.923. The van der Waals surface area contributed by atoms with Gasteiger partial charge < -0.3 is 4.74 Å². The van der Waals surface area contributed by atoms with Crippen LogP contribution in [-0.2, 0) is 16.1 Å². The average Bonchev–Trinajstić information content (AvgIpc) is 2.73. The summed E-state index contributed by atoms with van der Waals surface area (Å²) in [6, 6.07) is 16.0. The molecule has 7 heteroatoms. The monoisotopic (exact) mass is 396 g/mol. The normalized spacial score (nSPS) is 11.9. The number of esters is 1. The molecule has 0 saturated carbocycles. The summed E-state index contributed by atoms with van der Waals surface area (Å²) in [5, 5.41) is 0.433. The average molecular weight is 396 g/mol. The summed E-state index contributed by atoms with van der Waals surface area (Å²) < 4.78 is 6.12. The first-order valence-corrected chi connectivity index (χ1v) is 9.71. The number of fused-ring (bicyclic) bond motifs is 1. The van der Waals surface area contributed by atoms with Gasteiger partial charge in [0, 0.05) is 12.1 Å². The second kappa shape index (κ2) is 8.84. The molecule has 1 heterocycles. The van der Waals surface area contributed by atoms with Crippen molar-refractivity contribution in [1.82, 2.24) is 9.55 Å². The molecule has 2 aromatic carbocycles. The predicted molar refractivity (Wildman–Crippen MR) is 109 cm³/mol. The van der Waals surface area contributed by atoms with Crippen LogP contribution in [-0.4, -0.2) is 33.7 Å². The first-order valence-electron chi connectivity index (χ1n) is 8.83. The van der Waals surface area contributed by atoms with E-state index >= 15 is 0 Å². The number of benzene rings is 2. The molecule has 0 aliphatic heterocycles. The van der Waals surface area contributed by atoms with E-state index in [0.29, 0.717) is 21.6 Å². The summed E-state index contributed by atoms with van der Waals surface area (Å²) in [6.45, 7) is 1.92. The lowest BCUT2D eigenvalue weighted by Crippen LogP contribution is -2.26. The summed E-state index contributed by atoms with van der Waals surface area (Å²) in [7, 11) is 1.31. The fourth-order valence-electron chi connectivity index (χ4n) is 2.79. The highest BCUT2D eigenvalue weighted by atomic mass is 32.2. The summed E-state index contributed by atoms with van der Waals surface area (Å²) in [4.78, 5) is 41.8. The van der Waals surface area contributed by atoms with Crippen molar-refractivity contribution in [2.75, 3.05) is 7.11 Å². The van der Waals surface area contributed by atoms with Gasteiger partial charge in [0.2, 0.25) is 0 Å². The van der Waals surface area contributed by atoms with Gasteiger partial charge in [0.25, 0.3) is 5.56 Å². The van der Waals surface area contributed by atoms with Gasteiger partial charge in [-0.1, -0.05) is 54.2 Å². The Morgan fingerprint density at radius 3 is 2.50 bits per heavy atom. The van der Waals surface area contributed by atoms with Crippen LogP contribution >= 0.6 is 11.8 Å². The van der Waals surface area contributed by atoms with Gasteiger partial charge in [0.15, 0.2) is 10.9 Å². The number of nitrogens with zero attached hydrogens (tertiary/aromatic N) is 2. The van der Waals surface area contributed by atoms with Crippen LogP contribution in [0.2, 0.25) is 0 Å². The minimum absolute atomic E-state index is 0.0466. The van der Waals surface area contributed by atoms with Gasteiger partial charge in [-0.3, -0.25) is 19.0 Å². The molecule has 144 valence electrons. The van der Waals surface area contributed by atoms with Crippen molar-refractivity contribution in [2.24, 2.45) is 0 Å². The first-order chi connectivity index (χ1) is 13.5. The third kappa shape index (κ3) is 4.31. The van der Waals surface area contributed by atoms with E-state index in [2.05, 4.69) is 9.72 Å². The fourth-order valence-corrected chi connectivity index (χ4v) is 3.80. The molecule has 0 spiro atoms. The molecule has 1 atom stereocenters. The third-order valence-electron chi connectivity index (χ3n) is 4.30. The molecular weight excluding hydrogens is 376 g/mol. The maximum Gasteiger partial charge on any atom is 0.307 e. The Morgan fingerprint density at radius 1 is 1.11 bits per heavy atom. The van der Waals surface area contributed by atoms with Crippen LogP contribution < -0.4 is 5.56 Å². The molecule has 0 fully saturated rings. The van der Waals surface area contributed by atoms with E-state index in [1.807, 2.05) is 18.2 Å². The minimum Gasteiger partial charge on any atom is -0.469 e. The topological polar surface area (TPSA) is 78.3 Å². The second-order valence-corrected chi connectivity index (χ2v) is 7.49. The van der Waals surface area contributed by atoms with Crippen LogP contribution in [0.5, 0.6) is 0 Å². The van der Waals surface area contributed by atoms with Crippen LogP contribution in [0.4, 0.5) is 0 Å². The van der Waals surface area contributed by atoms with Crippen LogP contribution in [0, 0.1) is 0 Å². The molecule has 0 aliphatic carbocycles. The summed E-state index contributed by atoms with van der Waals surface area (Å²) >= 11 is 1.21. The van der Waals surface area contributed by atoms with Gasteiger partial charge in [-0.05, 0) is 19.1 Å². The Balaban J connectivity index is 1.97. The lowest BCUT2D eigenvalue weighted by atomic mass is 10.1. The Labute approximate surface area is 166 Å².